The first-order chi connectivity index (χ1) is 13.4. The zero-order valence-electron chi connectivity index (χ0n) is 16.6. The van der Waals surface area contributed by atoms with Crippen molar-refractivity contribution >= 4 is 26.8 Å². The van der Waals surface area contributed by atoms with E-state index in [1.807, 2.05) is 31.2 Å². The van der Waals surface area contributed by atoms with Gasteiger partial charge in [0.15, 0.2) is 0 Å². The number of phenols is 1. The number of aromatic hydroxyl groups is 1. The Balaban J connectivity index is 2.14. The number of benzene rings is 2. The van der Waals surface area contributed by atoms with Gasteiger partial charge in [-0.2, -0.15) is 0 Å². The summed E-state index contributed by atoms with van der Waals surface area (Å²) in [5.74, 6) is 1.46. The number of phenolic OH excluding ortho intramolecular Hbond substituents is 1. The number of nitrogens with zero attached hydrogens (tertiary/aromatic N) is 2. The van der Waals surface area contributed by atoms with Gasteiger partial charge in [0, 0.05) is 23.1 Å². The molecule has 5 heteroatoms. The van der Waals surface area contributed by atoms with E-state index < -0.39 is 0 Å². The number of rotatable bonds is 6. The average molecular weight is 411 g/mol. The fourth-order valence-corrected chi connectivity index (χ4v) is 4.06. The number of hydrogen-bond acceptors (Lipinski definition) is 3. The van der Waals surface area contributed by atoms with Crippen LogP contribution < -0.4 is 5.30 Å². The molecule has 1 heterocycles. The van der Waals surface area contributed by atoms with Gasteiger partial charge < -0.3 is 9.67 Å². The van der Waals surface area contributed by atoms with Gasteiger partial charge in [0.1, 0.15) is 16.2 Å². The van der Waals surface area contributed by atoms with Gasteiger partial charge in [-0.25, -0.2) is 4.98 Å². The molecule has 1 unspecified atom stereocenters. The first-order valence-electron chi connectivity index (χ1n) is 9.60. The van der Waals surface area contributed by atoms with Crippen LogP contribution in [0.25, 0.3) is 11.4 Å². The Kier molecular flexibility index (Phi) is 6.64. The summed E-state index contributed by atoms with van der Waals surface area (Å²) in [5, 5.41) is 11.4. The fraction of sp³-hybridized carbons (Fsp3) is 0.304. The Morgan fingerprint density at radius 2 is 1.82 bits per heavy atom. The van der Waals surface area contributed by atoms with Crippen molar-refractivity contribution < 1.29 is 5.11 Å². The Hall–Kier alpha value is -2.03. The summed E-state index contributed by atoms with van der Waals surface area (Å²) in [6.45, 7) is 7.12. The number of aryl methyl sites for hydroxylation is 2. The van der Waals surface area contributed by atoms with Crippen molar-refractivity contribution in [2.75, 3.05) is 0 Å². The Morgan fingerprint density at radius 3 is 2.50 bits per heavy atom. The standard InChI is InChI=1S/C23H27N2OPS/c1-15(2)14-19-16(3)24-22(18-10-7-11-20(27)21(18)26)25(23(19)28)13-12-17-8-5-4-6-9-17/h4-11,15,26H,12-14,27H2,1-3H3. The van der Waals surface area contributed by atoms with Crippen LogP contribution in [0.2, 0.25) is 0 Å². The highest BCUT2D eigenvalue weighted by atomic mass is 32.1. The van der Waals surface area contributed by atoms with Crippen LogP contribution in [0.4, 0.5) is 0 Å². The molecule has 1 atom stereocenters. The van der Waals surface area contributed by atoms with E-state index in [1.165, 1.54) is 5.56 Å². The van der Waals surface area contributed by atoms with Gasteiger partial charge in [0.05, 0.1) is 5.56 Å². The van der Waals surface area contributed by atoms with Crippen molar-refractivity contribution in [3.05, 3.63) is 70.0 Å². The largest absolute Gasteiger partial charge is 0.507 e. The summed E-state index contributed by atoms with van der Waals surface area (Å²) in [7, 11) is 2.58. The SMILES string of the molecule is Cc1nc(-c2cccc(P)c2O)n(CCc2ccccc2)c(=S)c1CC(C)C. The lowest BCUT2D eigenvalue weighted by atomic mass is 10.0. The summed E-state index contributed by atoms with van der Waals surface area (Å²) in [4.78, 5) is 4.90. The normalized spacial score (nSPS) is 11.2. The monoisotopic (exact) mass is 410 g/mol. The van der Waals surface area contributed by atoms with E-state index in [9.17, 15) is 5.11 Å². The van der Waals surface area contributed by atoms with Gasteiger partial charge in [-0.15, -0.1) is 9.24 Å². The Labute approximate surface area is 174 Å². The zero-order valence-corrected chi connectivity index (χ0v) is 18.6. The molecule has 0 saturated heterocycles. The van der Waals surface area contributed by atoms with E-state index in [4.69, 9.17) is 17.2 Å². The van der Waals surface area contributed by atoms with E-state index in [0.717, 1.165) is 46.4 Å². The molecule has 28 heavy (non-hydrogen) atoms. The van der Waals surface area contributed by atoms with Gasteiger partial charge in [-0.3, -0.25) is 0 Å². The van der Waals surface area contributed by atoms with Crippen LogP contribution in [0.5, 0.6) is 5.75 Å². The third-order valence-electron chi connectivity index (χ3n) is 4.86. The quantitative estimate of drug-likeness (QED) is 0.446. The first kappa shape index (κ1) is 20.7. The third-order valence-corrected chi connectivity index (χ3v) is 5.79. The molecule has 0 aliphatic rings. The summed E-state index contributed by atoms with van der Waals surface area (Å²) in [5.41, 5.74) is 4.04. The summed E-state index contributed by atoms with van der Waals surface area (Å²) < 4.78 is 2.91. The van der Waals surface area contributed by atoms with Crippen molar-refractivity contribution in [1.29, 1.82) is 0 Å². The lowest BCUT2D eigenvalue weighted by Gasteiger charge is -2.19. The molecular weight excluding hydrogens is 383 g/mol. The zero-order chi connectivity index (χ0) is 20.3. The van der Waals surface area contributed by atoms with Crippen LogP contribution in [0.3, 0.4) is 0 Å². The van der Waals surface area contributed by atoms with Crippen molar-refractivity contribution in [3.63, 3.8) is 0 Å². The van der Waals surface area contributed by atoms with Gasteiger partial charge in [0.25, 0.3) is 0 Å². The first-order valence-corrected chi connectivity index (χ1v) is 10.6. The number of aromatic nitrogens is 2. The third kappa shape index (κ3) is 4.51. The molecule has 1 aromatic heterocycles. The Bertz CT molecular complexity index is 1030. The highest BCUT2D eigenvalue weighted by molar-refractivity contribution is 7.71. The predicted molar refractivity (Wildman–Crippen MR) is 123 cm³/mol. The second kappa shape index (κ2) is 8.98. The van der Waals surface area contributed by atoms with Crippen LogP contribution in [0.15, 0.2) is 48.5 Å². The smallest absolute Gasteiger partial charge is 0.144 e. The van der Waals surface area contributed by atoms with Crippen LogP contribution >= 0.6 is 21.5 Å². The number of hydrogen-bond donors (Lipinski definition) is 1. The minimum atomic E-state index is 0.235. The lowest BCUT2D eigenvalue weighted by Crippen LogP contribution is -2.15. The van der Waals surface area contributed by atoms with Gasteiger partial charge in [-0.05, 0) is 37.3 Å². The Morgan fingerprint density at radius 1 is 1.11 bits per heavy atom. The van der Waals surface area contributed by atoms with Crippen LogP contribution in [0.1, 0.15) is 30.7 Å². The topological polar surface area (TPSA) is 38.1 Å². The molecule has 3 nitrogen and oxygen atoms in total. The van der Waals surface area contributed by atoms with E-state index in [2.05, 4.69) is 51.9 Å². The maximum Gasteiger partial charge on any atom is 0.144 e. The molecule has 146 valence electrons. The maximum atomic E-state index is 10.6. The van der Waals surface area contributed by atoms with Crippen LogP contribution in [0, 0.1) is 17.5 Å². The van der Waals surface area contributed by atoms with E-state index >= 15 is 0 Å². The molecule has 3 rings (SSSR count). The van der Waals surface area contributed by atoms with Crippen molar-refractivity contribution in [1.82, 2.24) is 9.55 Å². The van der Waals surface area contributed by atoms with E-state index in [0.29, 0.717) is 11.5 Å². The summed E-state index contributed by atoms with van der Waals surface area (Å²) in [6.07, 6.45) is 1.76. The van der Waals surface area contributed by atoms with Crippen LogP contribution in [-0.2, 0) is 19.4 Å². The van der Waals surface area contributed by atoms with E-state index in [1.54, 1.807) is 0 Å². The van der Waals surface area contributed by atoms with Crippen molar-refractivity contribution in [3.8, 4) is 17.1 Å². The van der Waals surface area contributed by atoms with Gasteiger partial charge in [0.2, 0.25) is 0 Å². The molecule has 0 fully saturated rings. The molecule has 0 saturated carbocycles. The molecule has 2 aromatic carbocycles. The van der Waals surface area contributed by atoms with Gasteiger partial charge >= 0.3 is 0 Å². The molecular formula is C23H27N2OPS. The summed E-state index contributed by atoms with van der Waals surface area (Å²) >= 11 is 5.91. The summed E-state index contributed by atoms with van der Waals surface area (Å²) in [6, 6.07) is 16.1. The predicted octanol–water partition coefficient (Wildman–Crippen LogP) is 5.24. The molecule has 0 aliphatic heterocycles. The molecule has 3 aromatic rings. The second-order valence-electron chi connectivity index (χ2n) is 7.53. The van der Waals surface area contributed by atoms with Crippen LogP contribution in [-0.4, -0.2) is 14.7 Å². The van der Waals surface area contributed by atoms with Crippen molar-refractivity contribution in [2.45, 2.75) is 40.2 Å². The minimum Gasteiger partial charge on any atom is -0.507 e. The average Bonchev–Trinajstić information content (AvgIpc) is 2.67. The molecule has 0 amide bonds. The molecule has 0 aliphatic carbocycles. The lowest BCUT2D eigenvalue weighted by molar-refractivity contribution is 0.480. The molecule has 1 N–H and O–H groups in total. The van der Waals surface area contributed by atoms with Gasteiger partial charge in [-0.1, -0.05) is 68.5 Å². The van der Waals surface area contributed by atoms with Crippen molar-refractivity contribution in [2.24, 2.45) is 5.92 Å². The molecule has 0 radical (unpaired) electrons. The molecule has 0 spiro atoms. The highest BCUT2D eigenvalue weighted by Gasteiger charge is 2.17. The number of para-hydroxylation sites is 1. The van der Waals surface area contributed by atoms with E-state index in [-0.39, 0.29) is 5.75 Å². The highest BCUT2D eigenvalue weighted by Crippen LogP contribution is 2.29. The second-order valence-corrected chi connectivity index (χ2v) is 8.54. The minimum absolute atomic E-state index is 0.235. The molecule has 0 bridgehead atoms. The maximum absolute atomic E-state index is 10.6. The fourth-order valence-electron chi connectivity index (χ4n) is 3.38.